The average molecular weight is 218 g/mol. The first-order valence-corrected chi connectivity index (χ1v) is 6.07. The highest BCUT2D eigenvalue weighted by Gasteiger charge is 2.14. The lowest BCUT2D eigenvalue weighted by molar-refractivity contribution is 0.100. The normalized spacial score (nSPS) is 17.3. The molecular formula is C13H14OS. The summed E-state index contributed by atoms with van der Waals surface area (Å²) >= 11 is 1.94. The molecule has 1 heterocycles. The molecule has 0 atom stereocenters. The molecule has 1 aliphatic heterocycles. The third kappa shape index (κ3) is 3.02. The molecule has 0 saturated carbocycles. The molecule has 0 aliphatic carbocycles. The second-order valence-electron chi connectivity index (χ2n) is 3.60. The largest absolute Gasteiger partial charge is 0.381 e. The average Bonchev–Trinajstić information content (AvgIpc) is 2.31. The molecule has 0 bridgehead atoms. The van der Waals surface area contributed by atoms with Crippen molar-refractivity contribution in [2.24, 2.45) is 0 Å². The number of benzene rings is 1. The fourth-order valence-electron chi connectivity index (χ4n) is 1.62. The Labute approximate surface area is 95.2 Å². The Morgan fingerprint density at radius 2 is 1.87 bits per heavy atom. The van der Waals surface area contributed by atoms with E-state index in [1.165, 1.54) is 4.90 Å². The van der Waals surface area contributed by atoms with E-state index in [0.717, 1.165) is 31.6 Å². The first kappa shape index (κ1) is 10.6. The van der Waals surface area contributed by atoms with Crippen molar-refractivity contribution in [1.29, 1.82) is 0 Å². The molecule has 15 heavy (non-hydrogen) atoms. The van der Waals surface area contributed by atoms with E-state index in [0.29, 0.717) is 5.25 Å². The van der Waals surface area contributed by atoms with Crippen molar-refractivity contribution in [1.82, 2.24) is 0 Å². The third-order valence-corrected chi connectivity index (χ3v) is 3.84. The minimum absolute atomic E-state index is 0.704. The van der Waals surface area contributed by atoms with E-state index in [9.17, 15) is 0 Å². The molecule has 2 heteroatoms. The summed E-state index contributed by atoms with van der Waals surface area (Å²) < 4.78 is 5.33. The van der Waals surface area contributed by atoms with Gasteiger partial charge in [0.25, 0.3) is 0 Å². The molecular weight excluding hydrogens is 204 g/mol. The van der Waals surface area contributed by atoms with Crippen LogP contribution in [0.1, 0.15) is 18.4 Å². The fourth-order valence-corrected chi connectivity index (χ4v) is 2.72. The topological polar surface area (TPSA) is 9.23 Å². The Hall–Kier alpha value is -0.910. The van der Waals surface area contributed by atoms with E-state index >= 15 is 0 Å². The summed E-state index contributed by atoms with van der Waals surface area (Å²) in [5, 5.41) is 0.704. The predicted octanol–water partition coefficient (Wildman–Crippen LogP) is 2.94. The molecule has 1 aromatic carbocycles. The summed E-state index contributed by atoms with van der Waals surface area (Å²) in [5.41, 5.74) is 0.950. The maximum atomic E-state index is 5.33. The molecule has 0 aromatic heterocycles. The standard InChI is InChI=1S/C13H14OS/c1-2-11-3-5-12(6-4-11)15-13-7-9-14-10-8-13/h1,3-6,13H,7-10H2. The van der Waals surface area contributed by atoms with E-state index in [2.05, 4.69) is 18.1 Å². The Morgan fingerprint density at radius 3 is 2.47 bits per heavy atom. The number of rotatable bonds is 2. The predicted molar refractivity (Wildman–Crippen MR) is 64.1 cm³/mol. The minimum atomic E-state index is 0.704. The second-order valence-corrected chi connectivity index (χ2v) is 4.97. The Kier molecular flexibility index (Phi) is 3.71. The van der Waals surface area contributed by atoms with E-state index < -0.39 is 0 Å². The van der Waals surface area contributed by atoms with Crippen LogP contribution < -0.4 is 0 Å². The minimum Gasteiger partial charge on any atom is -0.381 e. The fraction of sp³-hybridized carbons (Fsp3) is 0.385. The van der Waals surface area contributed by atoms with Crippen molar-refractivity contribution < 1.29 is 4.74 Å². The number of thioether (sulfide) groups is 1. The van der Waals surface area contributed by atoms with Crippen LogP contribution in [0.2, 0.25) is 0 Å². The summed E-state index contributed by atoms with van der Waals surface area (Å²) in [6.07, 6.45) is 7.62. The van der Waals surface area contributed by atoms with Crippen LogP contribution in [0.15, 0.2) is 29.2 Å². The second kappa shape index (κ2) is 5.25. The monoisotopic (exact) mass is 218 g/mol. The van der Waals surface area contributed by atoms with Crippen molar-refractivity contribution in [3.63, 3.8) is 0 Å². The molecule has 1 saturated heterocycles. The van der Waals surface area contributed by atoms with Gasteiger partial charge in [0, 0.05) is 28.9 Å². The van der Waals surface area contributed by atoms with Crippen LogP contribution in [0.3, 0.4) is 0 Å². The summed E-state index contributed by atoms with van der Waals surface area (Å²) in [6, 6.07) is 8.22. The van der Waals surface area contributed by atoms with Gasteiger partial charge < -0.3 is 4.74 Å². The van der Waals surface area contributed by atoms with Gasteiger partial charge in [-0.05, 0) is 37.1 Å². The van der Waals surface area contributed by atoms with Crippen LogP contribution in [0.4, 0.5) is 0 Å². The Balaban J connectivity index is 1.95. The molecule has 0 spiro atoms. The Morgan fingerprint density at radius 1 is 1.20 bits per heavy atom. The van der Waals surface area contributed by atoms with Crippen LogP contribution in [-0.4, -0.2) is 18.5 Å². The zero-order valence-electron chi connectivity index (χ0n) is 8.61. The number of hydrogen-bond donors (Lipinski definition) is 0. The Bertz CT molecular complexity index is 344. The van der Waals surface area contributed by atoms with Gasteiger partial charge in [-0.15, -0.1) is 18.2 Å². The van der Waals surface area contributed by atoms with Gasteiger partial charge in [-0.3, -0.25) is 0 Å². The van der Waals surface area contributed by atoms with Gasteiger partial charge in [0.15, 0.2) is 0 Å². The lowest BCUT2D eigenvalue weighted by Gasteiger charge is -2.21. The van der Waals surface area contributed by atoms with Gasteiger partial charge >= 0.3 is 0 Å². The lowest BCUT2D eigenvalue weighted by Crippen LogP contribution is -2.17. The zero-order valence-corrected chi connectivity index (χ0v) is 9.43. The summed E-state index contributed by atoms with van der Waals surface area (Å²) in [6.45, 7) is 1.81. The summed E-state index contributed by atoms with van der Waals surface area (Å²) in [4.78, 5) is 1.31. The van der Waals surface area contributed by atoms with E-state index in [1.807, 2.05) is 23.9 Å². The third-order valence-electron chi connectivity index (χ3n) is 2.49. The molecule has 1 nitrogen and oxygen atoms in total. The molecule has 1 aliphatic rings. The number of hydrogen-bond acceptors (Lipinski definition) is 2. The van der Waals surface area contributed by atoms with Gasteiger partial charge in [0.05, 0.1) is 0 Å². The van der Waals surface area contributed by atoms with Gasteiger partial charge in [0.1, 0.15) is 0 Å². The molecule has 0 N–H and O–H groups in total. The molecule has 2 rings (SSSR count). The zero-order chi connectivity index (χ0) is 10.5. The van der Waals surface area contributed by atoms with E-state index in [1.54, 1.807) is 0 Å². The van der Waals surface area contributed by atoms with Gasteiger partial charge in [0.2, 0.25) is 0 Å². The SMILES string of the molecule is C#Cc1ccc(SC2CCOCC2)cc1. The quantitative estimate of drug-likeness (QED) is 0.706. The molecule has 1 fully saturated rings. The molecule has 0 unspecified atom stereocenters. The highest BCUT2D eigenvalue weighted by Crippen LogP contribution is 2.29. The molecule has 1 aromatic rings. The van der Waals surface area contributed by atoms with Crippen molar-refractivity contribution in [2.45, 2.75) is 23.0 Å². The molecule has 0 amide bonds. The number of ether oxygens (including phenoxy) is 1. The lowest BCUT2D eigenvalue weighted by atomic mass is 10.2. The first-order valence-electron chi connectivity index (χ1n) is 5.19. The van der Waals surface area contributed by atoms with Crippen molar-refractivity contribution in [3.8, 4) is 12.3 Å². The molecule has 0 radical (unpaired) electrons. The van der Waals surface area contributed by atoms with Crippen molar-refractivity contribution in [2.75, 3.05) is 13.2 Å². The van der Waals surface area contributed by atoms with Gasteiger partial charge in [-0.25, -0.2) is 0 Å². The molecule has 78 valence electrons. The first-order chi connectivity index (χ1) is 7.38. The van der Waals surface area contributed by atoms with Crippen LogP contribution in [0.25, 0.3) is 0 Å². The summed E-state index contributed by atoms with van der Waals surface area (Å²) in [7, 11) is 0. The summed E-state index contributed by atoms with van der Waals surface area (Å²) in [5.74, 6) is 2.63. The van der Waals surface area contributed by atoms with Gasteiger partial charge in [-0.2, -0.15) is 0 Å². The van der Waals surface area contributed by atoms with Crippen molar-refractivity contribution >= 4 is 11.8 Å². The van der Waals surface area contributed by atoms with Crippen LogP contribution in [0, 0.1) is 12.3 Å². The van der Waals surface area contributed by atoms with Crippen LogP contribution in [0.5, 0.6) is 0 Å². The van der Waals surface area contributed by atoms with Crippen molar-refractivity contribution in [3.05, 3.63) is 29.8 Å². The highest BCUT2D eigenvalue weighted by atomic mass is 32.2. The van der Waals surface area contributed by atoms with Crippen LogP contribution >= 0.6 is 11.8 Å². The maximum absolute atomic E-state index is 5.33. The van der Waals surface area contributed by atoms with Gasteiger partial charge in [-0.1, -0.05) is 5.92 Å². The maximum Gasteiger partial charge on any atom is 0.0476 e. The van der Waals surface area contributed by atoms with E-state index in [4.69, 9.17) is 11.2 Å². The smallest absolute Gasteiger partial charge is 0.0476 e. The van der Waals surface area contributed by atoms with Crippen LogP contribution in [-0.2, 0) is 4.74 Å². The number of terminal acetylenes is 1. The van der Waals surface area contributed by atoms with E-state index in [-0.39, 0.29) is 0 Å². The highest BCUT2D eigenvalue weighted by molar-refractivity contribution is 8.00.